The molecule has 1 N–H and O–H groups in total. The van der Waals surface area contributed by atoms with Crippen molar-refractivity contribution in [2.45, 2.75) is 25.9 Å². The van der Waals surface area contributed by atoms with Crippen LogP contribution in [0.2, 0.25) is 0 Å². The minimum atomic E-state index is -1.10. The summed E-state index contributed by atoms with van der Waals surface area (Å²) in [6.45, 7) is 1.06. The molecule has 1 fully saturated rings. The predicted octanol–water partition coefficient (Wildman–Crippen LogP) is 2.08. The molecule has 0 unspecified atom stereocenters. The molecular weight excluding hydrogens is 286 g/mol. The minimum absolute atomic E-state index is 0.220. The van der Waals surface area contributed by atoms with E-state index in [0.29, 0.717) is 25.9 Å². The fourth-order valence-corrected chi connectivity index (χ4v) is 2.49. The summed E-state index contributed by atoms with van der Waals surface area (Å²) in [5.74, 6) is -1.63. The van der Waals surface area contributed by atoms with E-state index in [2.05, 4.69) is 0 Å². The van der Waals surface area contributed by atoms with E-state index in [0.717, 1.165) is 5.56 Å². The molecule has 1 amide bonds. The van der Waals surface area contributed by atoms with Crippen LogP contribution in [-0.2, 0) is 20.9 Å². The molecule has 0 aromatic heterocycles. The molecule has 0 bridgehead atoms. The third-order valence-electron chi connectivity index (χ3n) is 3.74. The minimum Gasteiger partial charge on any atom is -0.481 e. The van der Waals surface area contributed by atoms with Crippen molar-refractivity contribution < 1.29 is 24.2 Å². The number of carboxylic acid groups (broad SMARTS) is 1. The lowest BCUT2D eigenvalue weighted by atomic mass is 9.91. The number of carboxylic acids is 1. The van der Waals surface area contributed by atoms with E-state index in [9.17, 15) is 14.4 Å². The van der Waals surface area contributed by atoms with Crippen molar-refractivity contribution in [1.29, 1.82) is 0 Å². The van der Waals surface area contributed by atoms with E-state index < -0.39 is 18.5 Å². The number of hydrogen-bond acceptors (Lipinski definition) is 4. The van der Waals surface area contributed by atoms with Crippen LogP contribution in [0, 0.1) is 5.92 Å². The van der Waals surface area contributed by atoms with Crippen molar-refractivity contribution in [1.82, 2.24) is 4.90 Å². The smallest absolute Gasteiger partial charge is 0.410 e. The van der Waals surface area contributed by atoms with Gasteiger partial charge in [0.25, 0.3) is 0 Å². The molecule has 1 heterocycles. The van der Waals surface area contributed by atoms with Crippen molar-refractivity contribution >= 4 is 17.8 Å². The number of ether oxygens (including phenoxy) is 1. The van der Waals surface area contributed by atoms with Gasteiger partial charge in [-0.3, -0.25) is 9.59 Å². The van der Waals surface area contributed by atoms with Gasteiger partial charge in [-0.2, -0.15) is 0 Å². The quantitative estimate of drug-likeness (QED) is 0.842. The Labute approximate surface area is 128 Å². The Morgan fingerprint density at radius 1 is 1.14 bits per heavy atom. The van der Waals surface area contributed by atoms with Gasteiger partial charge in [0.2, 0.25) is 0 Å². The standard InChI is InChI=1S/C16H19NO5/c18-14(10-15(19)20)13-6-8-17(9-7-13)16(21)22-11-12-4-2-1-3-5-12/h1-5,13H,6-11H2,(H,19,20). The van der Waals surface area contributed by atoms with Gasteiger partial charge < -0.3 is 14.7 Å². The number of rotatable bonds is 5. The van der Waals surface area contributed by atoms with Crippen molar-refractivity contribution in [3.63, 3.8) is 0 Å². The Morgan fingerprint density at radius 3 is 2.36 bits per heavy atom. The van der Waals surface area contributed by atoms with Crippen LogP contribution in [0.25, 0.3) is 0 Å². The summed E-state index contributed by atoms with van der Waals surface area (Å²) in [7, 11) is 0. The summed E-state index contributed by atoms with van der Waals surface area (Å²) in [4.78, 5) is 35.7. The summed E-state index contributed by atoms with van der Waals surface area (Å²) < 4.78 is 5.24. The predicted molar refractivity (Wildman–Crippen MR) is 78.2 cm³/mol. The number of nitrogens with zero attached hydrogens (tertiary/aromatic N) is 1. The van der Waals surface area contributed by atoms with Crippen LogP contribution in [0.5, 0.6) is 0 Å². The van der Waals surface area contributed by atoms with Crippen molar-refractivity contribution in [2.24, 2.45) is 5.92 Å². The Balaban J connectivity index is 1.75. The van der Waals surface area contributed by atoms with E-state index >= 15 is 0 Å². The van der Waals surface area contributed by atoms with Crippen LogP contribution in [-0.4, -0.2) is 40.9 Å². The number of likely N-dealkylation sites (tertiary alicyclic amines) is 1. The number of aliphatic carboxylic acids is 1. The number of Topliss-reactive ketones (excluding diaryl/α,β-unsaturated/α-hetero) is 1. The molecule has 6 nitrogen and oxygen atoms in total. The summed E-state index contributed by atoms with van der Waals surface area (Å²) in [5.41, 5.74) is 0.919. The van der Waals surface area contributed by atoms with Gasteiger partial charge in [-0.1, -0.05) is 30.3 Å². The molecule has 22 heavy (non-hydrogen) atoms. The lowest BCUT2D eigenvalue weighted by Gasteiger charge is -2.30. The Morgan fingerprint density at radius 2 is 1.77 bits per heavy atom. The second-order valence-corrected chi connectivity index (χ2v) is 5.34. The molecule has 0 radical (unpaired) electrons. The molecule has 118 valence electrons. The number of ketones is 1. The Bertz CT molecular complexity index is 535. The van der Waals surface area contributed by atoms with Crippen LogP contribution >= 0.6 is 0 Å². The van der Waals surface area contributed by atoms with Gasteiger partial charge in [0.1, 0.15) is 18.8 Å². The van der Waals surface area contributed by atoms with Gasteiger partial charge in [-0.15, -0.1) is 0 Å². The van der Waals surface area contributed by atoms with Crippen LogP contribution in [0.3, 0.4) is 0 Å². The first-order chi connectivity index (χ1) is 10.6. The molecule has 0 atom stereocenters. The Kier molecular flexibility index (Phi) is 5.52. The molecule has 1 saturated heterocycles. The zero-order valence-corrected chi connectivity index (χ0v) is 12.2. The lowest BCUT2D eigenvalue weighted by Crippen LogP contribution is -2.40. The highest BCUT2D eigenvalue weighted by molar-refractivity contribution is 5.96. The normalized spacial score (nSPS) is 15.4. The second-order valence-electron chi connectivity index (χ2n) is 5.34. The number of carbonyl (C=O) groups is 3. The van der Waals surface area contributed by atoms with Gasteiger partial charge in [-0.05, 0) is 18.4 Å². The van der Waals surface area contributed by atoms with Gasteiger partial charge in [0, 0.05) is 19.0 Å². The van der Waals surface area contributed by atoms with E-state index in [1.807, 2.05) is 30.3 Å². The van der Waals surface area contributed by atoms with Crippen LogP contribution < -0.4 is 0 Å². The summed E-state index contributed by atoms with van der Waals surface area (Å²) in [6.07, 6.45) is 0.148. The number of benzene rings is 1. The average molecular weight is 305 g/mol. The second kappa shape index (κ2) is 7.59. The summed E-state index contributed by atoms with van der Waals surface area (Å²) in [6, 6.07) is 9.41. The molecule has 0 spiro atoms. The number of amides is 1. The SMILES string of the molecule is O=C(O)CC(=O)C1CCN(C(=O)OCc2ccccc2)CC1. The maximum atomic E-state index is 12.0. The van der Waals surface area contributed by atoms with Crippen molar-refractivity contribution in [2.75, 3.05) is 13.1 Å². The zero-order valence-electron chi connectivity index (χ0n) is 12.2. The van der Waals surface area contributed by atoms with Gasteiger partial charge in [0.05, 0.1) is 0 Å². The van der Waals surface area contributed by atoms with Crippen molar-refractivity contribution in [3.05, 3.63) is 35.9 Å². The maximum absolute atomic E-state index is 12.0. The number of carbonyl (C=O) groups excluding carboxylic acids is 2. The van der Waals surface area contributed by atoms with E-state index in [1.165, 1.54) is 0 Å². The highest BCUT2D eigenvalue weighted by atomic mass is 16.6. The molecule has 2 rings (SSSR count). The zero-order chi connectivity index (χ0) is 15.9. The monoisotopic (exact) mass is 305 g/mol. The fraction of sp³-hybridized carbons (Fsp3) is 0.438. The summed E-state index contributed by atoms with van der Waals surface area (Å²) >= 11 is 0. The highest BCUT2D eigenvalue weighted by Crippen LogP contribution is 2.20. The number of piperidine rings is 1. The van der Waals surface area contributed by atoms with Gasteiger partial charge in [0.15, 0.2) is 0 Å². The molecule has 6 heteroatoms. The van der Waals surface area contributed by atoms with E-state index in [4.69, 9.17) is 9.84 Å². The largest absolute Gasteiger partial charge is 0.481 e. The topological polar surface area (TPSA) is 83.9 Å². The van der Waals surface area contributed by atoms with Crippen LogP contribution in [0.15, 0.2) is 30.3 Å². The van der Waals surface area contributed by atoms with Gasteiger partial charge in [-0.25, -0.2) is 4.79 Å². The lowest BCUT2D eigenvalue weighted by molar-refractivity contribution is -0.141. The third kappa shape index (κ3) is 4.58. The molecule has 1 aliphatic heterocycles. The Hall–Kier alpha value is -2.37. The molecule has 1 aromatic rings. The average Bonchev–Trinajstić information content (AvgIpc) is 2.53. The van der Waals surface area contributed by atoms with E-state index in [-0.39, 0.29) is 18.3 Å². The van der Waals surface area contributed by atoms with Gasteiger partial charge >= 0.3 is 12.1 Å². The molecular formula is C16H19NO5. The molecule has 1 aromatic carbocycles. The molecule has 0 saturated carbocycles. The first kappa shape index (κ1) is 16.0. The first-order valence-corrected chi connectivity index (χ1v) is 7.26. The highest BCUT2D eigenvalue weighted by Gasteiger charge is 2.28. The van der Waals surface area contributed by atoms with E-state index in [1.54, 1.807) is 4.90 Å². The summed E-state index contributed by atoms with van der Waals surface area (Å²) in [5, 5.41) is 8.63. The van der Waals surface area contributed by atoms with Crippen molar-refractivity contribution in [3.8, 4) is 0 Å². The fourth-order valence-electron chi connectivity index (χ4n) is 2.49. The number of hydrogen-bond donors (Lipinski definition) is 1. The van der Waals surface area contributed by atoms with Crippen LogP contribution in [0.4, 0.5) is 4.79 Å². The molecule has 1 aliphatic rings. The maximum Gasteiger partial charge on any atom is 0.410 e. The molecule has 0 aliphatic carbocycles. The van der Waals surface area contributed by atoms with Crippen LogP contribution in [0.1, 0.15) is 24.8 Å². The first-order valence-electron chi connectivity index (χ1n) is 7.26. The third-order valence-corrected chi connectivity index (χ3v) is 3.74.